The van der Waals surface area contributed by atoms with Crippen LogP contribution in [-0.4, -0.2) is 251 Å². The number of amides is 12. The van der Waals surface area contributed by atoms with Crippen molar-refractivity contribution in [3.8, 4) is 0 Å². The molecule has 6 aliphatic rings. The molecule has 7 rings (SSSR count). The molecule has 94 heavy (non-hydrogen) atoms. The summed E-state index contributed by atoms with van der Waals surface area (Å²) in [6, 6.07) is 1.80. The van der Waals surface area contributed by atoms with E-state index >= 15 is 19.2 Å². The molecule has 0 bridgehead atoms. The second-order valence-electron chi connectivity index (χ2n) is 28.2. The molecule has 1 aromatic rings. The maximum atomic E-state index is 15.7. The normalized spacial score (nSPS) is 27.6. The highest BCUT2D eigenvalue weighted by molar-refractivity contribution is 6.00. The highest BCUT2D eigenvalue weighted by Gasteiger charge is 2.51. The predicted molar refractivity (Wildman–Crippen MR) is 354 cm³/mol. The Morgan fingerprint density at radius 2 is 1.19 bits per heavy atom. The fourth-order valence-corrected chi connectivity index (χ4v) is 15.1. The van der Waals surface area contributed by atoms with Crippen LogP contribution in [-0.2, 0) is 64.0 Å². The Bertz CT molecular complexity index is 2830. The molecule has 1 unspecified atom stereocenters. The van der Waals surface area contributed by atoms with Crippen LogP contribution in [0.15, 0.2) is 30.3 Å². The number of benzene rings is 1. The number of piperidine rings is 1. The van der Waals surface area contributed by atoms with Gasteiger partial charge in [0.15, 0.2) is 0 Å². The molecule has 3 saturated carbocycles. The van der Waals surface area contributed by atoms with Crippen molar-refractivity contribution in [2.24, 2.45) is 17.8 Å². The van der Waals surface area contributed by atoms with Gasteiger partial charge in [-0.1, -0.05) is 115 Å². The summed E-state index contributed by atoms with van der Waals surface area (Å²) < 4.78 is 0. The van der Waals surface area contributed by atoms with Gasteiger partial charge in [-0.05, 0) is 114 Å². The fourth-order valence-electron chi connectivity index (χ4n) is 15.1. The van der Waals surface area contributed by atoms with Crippen LogP contribution in [0.5, 0.6) is 0 Å². The van der Waals surface area contributed by atoms with Gasteiger partial charge in [0.25, 0.3) is 0 Å². The summed E-state index contributed by atoms with van der Waals surface area (Å²) in [6.07, 6.45) is 14.7. The average Bonchev–Trinajstić information content (AvgIpc) is 1.40. The van der Waals surface area contributed by atoms with E-state index in [-0.39, 0.29) is 44.1 Å². The lowest BCUT2D eigenvalue weighted by atomic mass is 9.81. The highest BCUT2D eigenvalue weighted by atomic mass is 16.2. The lowest BCUT2D eigenvalue weighted by molar-refractivity contribution is -0.157. The molecule has 12 amide bonds. The Hall–Kier alpha value is -7.14. The minimum absolute atomic E-state index is 0.102. The van der Waals surface area contributed by atoms with Crippen LogP contribution in [0.4, 0.5) is 0 Å². The third-order valence-electron chi connectivity index (χ3n) is 21.6. The van der Waals surface area contributed by atoms with E-state index in [1.165, 1.54) is 88.4 Å². The maximum absolute atomic E-state index is 15.7. The summed E-state index contributed by atoms with van der Waals surface area (Å²) in [5.41, 5.74) is -0.430. The fraction of sp³-hybridized carbons (Fsp3) is 0.743. The number of fused-ring (bicyclic) bond motifs is 1. The topological polar surface area (TPSA) is 270 Å². The second kappa shape index (κ2) is 34.5. The number of aryl methyl sites for hydroxylation is 1. The summed E-state index contributed by atoms with van der Waals surface area (Å²) in [6.45, 7) is 4.76. The van der Waals surface area contributed by atoms with Crippen molar-refractivity contribution in [3.05, 3.63) is 35.9 Å². The molecule has 0 aromatic heterocycles. The Labute approximate surface area is 557 Å². The molecule has 1 aromatic carbocycles. The molecule has 6 fully saturated rings. The molecule has 0 radical (unpaired) electrons. The van der Waals surface area contributed by atoms with Gasteiger partial charge in [-0.15, -0.1) is 0 Å². The number of hydrogen-bond acceptors (Lipinski definition) is 12. The van der Waals surface area contributed by atoms with Crippen LogP contribution in [0.1, 0.15) is 180 Å². The van der Waals surface area contributed by atoms with Crippen molar-refractivity contribution in [2.45, 2.75) is 229 Å². The number of hydrogen-bond donors (Lipinski definition) is 3. The molecule has 522 valence electrons. The minimum atomic E-state index is -1.46. The van der Waals surface area contributed by atoms with Crippen molar-refractivity contribution < 1.29 is 57.5 Å². The molecule has 3 N–H and O–H groups in total. The molecule has 3 saturated heterocycles. The number of carbonyl (C=O) groups is 12. The first-order valence-corrected chi connectivity index (χ1v) is 35.1. The van der Waals surface area contributed by atoms with Gasteiger partial charge in [0.2, 0.25) is 70.9 Å². The van der Waals surface area contributed by atoms with E-state index in [1.54, 1.807) is 18.9 Å². The number of likely N-dealkylation sites (N-methyl/N-ethyl adjacent to an activating group) is 7. The summed E-state index contributed by atoms with van der Waals surface area (Å²) in [5.74, 6) is -7.34. The quantitative estimate of drug-likeness (QED) is 0.299. The van der Waals surface area contributed by atoms with Gasteiger partial charge in [-0.3, -0.25) is 57.5 Å². The van der Waals surface area contributed by atoms with Crippen molar-refractivity contribution in [1.82, 2.24) is 60.0 Å². The second-order valence-corrected chi connectivity index (χ2v) is 28.2. The largest absolute Gasteiger partial charge is 0.343 e. The number of nitrogens with one attached hydrogen (secondary N) is 3. The van der Waals surface area contributed by atoms with Gasteiger partial charge < -0.3 is 60.0 Å². The van der Waals surface area contributed by atoms with Crippen molar-refractivity contribution in [1.29, 1.82) is 0 Å². The van der Waals surface area contributed by atoms with Gasteiger partial charge in [0, 0.05) is 69.0 Å². The molecule has 8 atom stereocenters. The zero-order valence-electron chi connectivity index (χ0n) is 58.0. The molecular weight excluding hydrogens is 1200 g/mol. The highest BCUT2D eigenvalue weighted by Crippen LogP contribution is 2.37. The Morgan fingerprint density at radius 3 is 1.83 bits per heavy atom. The van der Waals surface area contributed by atoms with E-state index in [0.717, 1.165) is 76.2 Å². The van der Waals surface area contributed by atoms with E-state index in [9.17, 15) is 38.4 Å². The number of rotatable bonds is 10. The molecule has 3 heterocycles. The van der Waals surface area contributed by atoms with E-state index in [0.29, 0.717) is 70.9 Å². The first kappa shape index (κ1) is 74.3. The molecule has 24 heteroatoms. The van der Waals surface area contributed by atoms with Crippen LogP contribution in [0, 0.1) is 17.8 Å². The summed E-state index contributed by atoms with van der Waals surface area (Å²) in [7, 11) is 10.3. The monoisotopic (exact) mass is 1310 g/mol. The standard InChI is InChI=1S/C70H110N12O12/c1-11-47(2)60-67(92)76(6)45-58(85)74(4)46-59(86)78(8)54(42-50-30-18-13-19-31-50)65(90)75(5)44-56(83)71-52(35-26-32-49-28-16-12-17-29-49)64(89)82-41-27-36-53(82)63(88)73-70(37-22-23-38-70)69(94)80(10)61(51-33-20-14-21-34-51)68(93)79(9)55(66(91)81-39-24-15-25-40-81)43-57(84)77(7)48(3)62(87)72-60/h12,16-17,28-29,47-48,50-55,60-61H,11,13-15,18-27,30-46H2,1-10H3,(H,71,83)(H,72,87)(H,73,88)/t47-,48-,52-,53?,54-,55-,60-,61-/m0/s1. The Balaban J connectivity index is 1.25. The van der Waals surface area contributed by atoms with Crippen LogP contribution in [0.25, 0.3) is 0 Å². The van der Waals surface area contributed by atoms with Gasteiger partial charge in [0.05, 0.1) is 26.1 Å². The van der Waals surface area contributed by atoms with Crippen LogP contribution < -0.4 is 16.0 Å². The molecular formula is C70H110N12O12. The number of nitrogens with zero attached hydrogens (tertiary/aromatic N) is 9. The van der Waals surface area contributed by atoms with Crippen molar-refractivity contribution in [3.63, 3.8) is 0 Å². The molecule has 3 aliphatic heterocycles. The van der Waals surface area contributed by atoms with Gasteiger partial charge >= 0.3 is 0 Å². The summed E-state index contributed by atoms with van der Waals surface area (Å²) in [5, 5.41) is 8.95. The molecule has 24 nitrogen and oxygen atoms in total. The van der Waals surface area contributed by atoms with Gasteiger partial charge in [-0.25, -0.2) is 0 Å². The predicted octanol–water partition coefficient (Wildman–Crippen LogP) is 4.12. The zero-order chi connectivity index (χ0) is 68.6. The smallest absolute Gasteiger partial charge is 0.248 e. The van der Waals surface area contributed by atoms with Crippen LogP contribution >= 0.6 is 0 Å². The van der Waals surface area contributed by atoms with E-state index in [4.69, 9.17) is 0 Å². The summed E-state index contributed by atoms with van der Waals surface area (Å²) >= 11 is 0. The van der Waals surface area contributed by atoms with E-state index in [1.807, 2.05) is 37.3 Å². The first-order valence-electron chi connectivity index (χ1n) is 35.1. The Morgan fingerprint density at radius 1 is 0.585 bits per heavy atom. The van der Waals surface area contributed by atoms with Crippen molar-refractivity contribution in [2.75, 3.05) is 88.6 Å². The lowest BCUT2D eigenvalue weighted by Gasteiger charge is -2.43. The zero-order valence-corrected chi connectivity index (χ0v) is 58.0. The number of likely N-dealkylation sites (tertiary alicyclic amines) is 1. The molecule has 1 spiro atoms. The van der Waals surface area contributed by atoms with E-state index < -0.39 is 151 Å². The third-order valence-corrected chi connectivity index (χ3v) is 21.6. The van der Waals surface area contributed by atoms with Crippen LogP contribution in [0.3, 0.4) is 0 Å². The average molecular weight is 1310 g/mol. The summed E-state index contributed by atoms with van der Waals surface area (Å²) in [4.78, 5) is 189. The van der Waals surface area contributed by atoms with E-state index in [2.05, 4.69) is 16.0 Å². The lowest BCUT2D eigenvalue weighted by Crippen LogP contribution is -2.65. The SMILES string of the molecule is CC[C@H](C)[C@@H]1NC(=O)[C@H](C)N(C)C(=O)C[C@@H](C(=O)N2CCCCC2)N(C)C(=O)[C@H](C2CCCCC2)N(C)C(=O)C2(CCCC2)NC(=O)C2CCCN2C(=O)[C@H](CCCc2ccccc2)NC(=O)CN(C)C(=O)[C@H](CC2CCCCC2)N(C)C(=O)CN(C)C(=O)CN(C)C1=O. The Kier molecular flexibility index (Phi) is 27.3. The first-order chi connectivity index (χ1) is 44.8. The molecule has 3 aliphatic carbocycles. The maximum Gasteiger partial charge on any atom is 0.248 e. The van der Waals surface area contributed by atoms with Crippen molar-refractivity contribution >= 4 is 70.9 Å². The number of carbonyl (C=O) groups excluding carboxylic acids is 12. The minimum Gasteiger partial charge on any atom is -0.343 e. The van der Waals surface area contributed by atoms with Crippen LogP contribution in [0.2, 0.25) is 0 Å². The van der Waals surface area contributed by atoms with Gasteiger partial charge in [0.1, 0.15) is 47.8 Å². The third kappa shape index (κ3) is 18.7. The van der Waals surface area contributed by atoms with Gasteiger partial charge in [-0.2, -0.15) is 0 Å².